The van der Waals surface area contributed by atoms with Gasteiger partial charge in [0.15, 0.2) is 0 Å². The first-order valence-electron chi connectivity index (χ1n) is 4.90. The average Bonchev–Trinajstić information content (AvgIpc) is 2.27. The predicted molar refractivity (Wildman–Crippen MR) is 55.8 cm³/mol. The van der Waals surface area contributed by atoms with Gasteiger partial charge in [0.1, 0.15) is 0 Å². The van der Waals surface area contributed by atoms with E-state index in [1.807, 2.05) is 0 Å². The Morgan fingerprint density at radius 1 is 1.23 bits per heavy atom. The average molecular weight is 180 g/mol. The van der Waals surface area contributed by atoms with Gasteiger partial charge in [0, 0.05) is 5.69 Å². The number of rotatable bonds is 2. The third kappa shape index (κ3) is 2.87. The Morgan fingerprint density at radius 2 is 1.85 bits per heavy atom. The Morgan fingerprint density at radius 3 is 2.23 bits per heavy atom. The molecule has 0 bridgehead atoms. The molecule has 1 rings (SSSR count). The van der Waals surface area contributed by atoms with E-state index in [9.17, 15) is 0 Å². The van der Waals surface area contributed by atoms with Gasteiger partial charge in [-0.3, -0.25) is 5.10 Å². The van der Waals surface area contributed by atoms with Gasteiger partial charge < -0.3 is 0 Å². The van der Waals surface area contributed by atoms with Gasteiger partial charge in [0.05, 0.1) is 5.69 Å². The third-order valence-corrected chi connectivity index (χ3v) is 2.41. The minimum Gasteiger partial charge on any atom is -0.282 e. The Hall–Kier alpha value is -0.790. The molecule has 13 heavy (non-hydrogen) atoms. The summed E-state index contributed by atoms with van der Waals surface area (Å²) in [6.07, 6.45) is 2.35. The summed E-state index contributed by atoms with van der Waals surface area (Å²) in [5, 5.41) is 7.21. The maximum absolute atomic E-state index is 4.19. The molecule has 0 saturated heterocycles. The summed E-state index contributed by atoms with van der Waals surface area (Å²) in [5.41, 5.74) is 4.19. The molecule has 0 amide bonds. The lowest BCUT2D eigenvalue weighted by atomic mass is 9.88. The van der Waals surface area contributed by atoms with E-state index in [4.69, 9.17) is 0 Å². The van der Waals surface area contributed by atoms with Crippen molar-refractivity contribution >= 4 is 0 Å². The molecule has 1 heterocycles. The highest BCUT2D eigenvalue weighted by Gasteiger charge is 2.13. The fraction of sp³-hybridized carbons (Fsp3) is 0.727. The Labute approximate surface area is 80.7 Å². The predicted octanol–water partition coefficient (Wildman–Crippen LogP) is 3.01. The summed E-state index contributed by atoms with van der Waals surface area (Å²) in [5.74, 6) is 0. The molecule has 0 aliphatic carbocycles. The van der Waals surface area contributed by atoms with Crippen molar-refractivity contribution in [2.24, 2.45) is 5.41 Å². The molecule has 74 valence electrons. The summed E-state index contributed by atoms with van der Waals surface area (Å²) < 4.78 is 0. The van der Waals surface area contributed by atoms with Crippen LogP contribution in [0.15, 0.2) is 0 Å². The van der Waals surface area contributed by atoms with Gasteiger partial charge >= 0.3 is 0 Å². The number of H-pyrrole nitrogens is 1. The number of aryl methyl sites for hydroxylation is 2. The Balaban J connectivity index is 2.64. The van der Waals surface area contributed by atoms with E-state index in [2.05, 4.69) is 44.8 Å². The molecule has 2 nitrogen and oxygen atoms in total. The fourth-order valence-corrected chi connectivity index (χ4v) is 1.44. The number of hydrogen-bond donors (Lipinski definition) is 1. The van der Waals surface area contributed by atoms with Gasteiger partial charge in [-0.25, -0.2) is 0 Å². The van der Waals surface area contributed by atoms with Gasteiger partial charge in [-0.1, -0.05) is 20.8 Å². The molecule has 0 atom stereocenters. The lowest BCUT2D eigenvalue weighted by Gasteiger charge is -2.17. The molecular weight excluding hydrogens is 160 g/mol. The maximum atomic E-state index is 4.19. The van der Waals surface area contributed by atoms with Crippen molar-refractivity contribution < 1.29 is 0 Å². The summed E-state index contributed by atoms with van der Waals surface area (Å²) >= 11 is 0. The smallest absolute Gasteiger partial charge is 0.0625 e. The van der Waals surface area contributed by atoms with E-state index in [-0.39, 0.29) is 0 Å². The van der Waals surface area contributed by atoms with E-state index in [1.165, 1.54) is 17.7 Å². The van der Waals surface area contributed by atoms with Crippen LogP contribution in [-0.2, 0) is 6.42 Å². The van der Waals surface area contributed by atoms with Crippen LogP contribution in [0.1, 0.15) is 44.1 Å². The van der Waals surface area contributed by atoms with E-state index in [0.717, 1.165) is 12.1 Å². The summed E-state index contributed by atoms with van der Waals surface area (Å²) in [7, 11) is 0. The molecule has 1 N–H and O–H groups in total. The summed E-state index contributed by atoms with van der Waals surface area (Å²) in [6, 6.07) is 0. The minimum atomic E-state index is 0.413. The molecule has 1 aromatic rings. The fourth-order valence-electron chi connectivity index (χ4n) is 1.44. The zero-order valence-electron chi connectivity index (χ0n) is 9.36. The Bertz CT molecular complexity index is 259. The van der Waals surface area contributed by atoms with Crippen LogP contribution in [0.3, 0.4) is 0 Å². The maximum Gasteiger partial charge on any atom is 0.0625 e. The number of aromatic nitrogens is 2. The second kappa shape index (κ2) is 3.52. The van der Waals surface area contributed by atoms with Crippen LogP contribution in [0.2, 0.25) is 0 Å². The monoisotopic (exact) mass is 180 g/mol. The molecular formula is C11H20N2. The van der Waals surface area contributed by atoms with Crippen molar-refractivity contribution in [2.75, 3.05) is 0 Å². The minimum absolute atomic E-state index is 0.413. The number of nitrogens with one attached hydrogen (secondary N) is 1. The molecule has 1 aromatic heterocycles. The van der Waals surface area contributed by atoms with Crippen LogP contribution in [0.4, 0.5) is 0 Å². The van der Waals surface area contributed by atoms with Gasteiger partial charge in [0.25, 0.3) is 0 Å². The van der Waals surface area contributed by atoms with Gasteiger partial charge in [-0.05, 0) is 37.7 Å². The van der Waals surface area contributed by atoms with Gasteiger partial charge in [-0.15, -0.1) is 0 Å². The number of aromatic amines is 1. The third-order valence-electron chi connectivity index (χ3n) is 2.41. The first-order chi connectivity index (χ1) is 5.90. The molecule has 0 unspecified atom stereocenters. The van der Waals surface area contributed by atoms with Crippen LogP contribution < -0.4 is 0 Å². The van der Waals surface area contributed by atoms with Crippen molar-refractivity contribution in [1.29, 1.82) is 0 Å². The van der Waals surface area contributed by atoms with E-state index in [0.29, 0.717) is 5.41 Å². The van der Waals surface area contributed by atoms with Crippen molar-refractivity contribution in [3.8, 4) is 0 Å². The lowest BCUT2D eigenvalue weighted by Crippen LogP contribution is -2.07. The summed E-state index contributed by atoms with van der Waals surface area (Å²) in [6.45, 7) is 11.0. The highest BCUT2D eigenvalue weighted by atomic mass is 15.1. The van der Waals surface area contributed by atoms with E-state index < -0.39 is 0 Å². The molecule has 0 fully saturated rings. The standard InChI is InChI=1S/C11H20N2/c1-8-10(9(2)13-12-8)6-7-11(3,4)5/h6-7H2,1-5H3,(H,12,13). The molecule has 0 spiro atoms. The zero-order chi connectivity index (χ0) is 10.1. The van der Waals surface area contributed by atoms with Crippen LogP contribution in [0.25, 0.3) is 0 Å². The quantitative estimate of drug-likeness (QED) is 0.744. The number of nitrogens with zero attached hydrogens (tertiary/aromatic N) is 1. The molecule has 0 aromatic carbocycles. The molecule has 0 radical (unpaired) electrons. The second-order valence-electron chi connectivity index (χ2n) is 4.97. The topological polar surface area (TPSA) is 28.7 Å². The lowest BCUT2D eigenvalue weighted by molar-refractivity contribution is 0.377. The molecule has 2 heteroatoms. The van der Waals surface area contributed by atoms with Crippen LogP contribution in [0.5, 0.6) is 0 Å². The summed E-state index contributed by atoms with van der Waals surface area (Å²) in [4.78, 5) is 0. The van der Waals surface area contributed by atoms with Crippen molar-refractivity contribution in [2.45, 2.75) is 47.5 Å². The van der Waals surface area contributed by atoms with Crippen LogP contribution in [-0.4, -0.2) is 10.2 Å². The molecule has 0 aliphatic rings. The highest BCUT2D eigenvalue weighted by molar-refractivity contribution is 5.23. The highest BCUT2D eigenvalue weighted by Crippen LogP contribution is 2.23. The van der Waals surface area contributed by atoms with E-state index in [1.54, 1.807) is 0 Å². The van der Waals surface area contributed by atoms with Crippen LogP contribution in [0, 0.1) is 19.3 Å². The Kier molecular flexibility index (Phi) is 2.79. The van der Waals surface area contributed by atoms with Gasteiger partial charge in [0.2, 0.25) is 0 Å². The van der Waals surface area contributed by atoms with E-state index >= 15 is 0 Å². The first kappa shape index (κ1) is 10.3. The SMILES string of the molecule is Cc1n[nH]c(C)c1CCC(C)(C)C. The van der Waals surface area contributed by atoms with Crippen LogP contribution >= 0.6 is 0 Å². The second-order valence-corrected chi connectivity index (χ2v) is 4.97. The normalized spacial score (nSPS) is 12.1. The largest absolute Gasteiger partial charge is 0.282 e. The van der Waals surface area contributed by atoms with Crippen molar-refractivity contribution in [3.05, 3.63) is 17.0 Å². The number of hydrogen-bond acceptors (Lipinski definition) is 1. The van der Waals surface area contributed by atoms with Crippen molar-refractivity contribution in [1.82, 2.24) is 10.2 Å². The molecule has 0 saturated carbocycles. The zero-order valence-corrected chi connectivity index (χ0v) is 9.36. The molecule has 0 aliphatic heterocycles. The van der Waals surface area contributed by atoms with Crippen molar-refractivity contribution in [3.63, 3.8) is 0 Å². The van der Waals surface area contributed by atoms with Gasteiger partial charge in [-0.2, -0.15) is 5.10 Å². The first-order valence-corrected chi connectivity index (χ1v) is 4.90.